The Morgan fingerprint density at radius 3 is 2.73 bits per heavy atom. The number of ether oxygens (including phenoxy) is 1. The molecule has 1 fully saturated rings. The van der Waals surface area contributed by atoms with Crippen LogP contribution in [0.3, 0.4) is 0 Å². The molecular formula is C12H24BrNO. The van der Waals surface area contributed by atoms with Gasteiger partial charge in [0.15, 0.2) is 0 Å². The number of rotatable bonds is 5. The van der Waals surface area contributed by atoms with Crippen molar-refractivity contribution >= 4 is 15.9 Å². The van der Waals surface area contributed by atoms with Crippen molar-refractivity contribution in [1.29, 1.82) is 0 Å². The average molecular weight is 278 g/mol. The van der Waals surface area contributed by atoms with Gasteiger partial charge in [-0.1, -0.05) is 22.9 Å². The van der Waals surface area contributed by atoms with Crippen molar-refractivity contribution in [3.63, 3.8) is 0 Å². The molecule has 90 valence electrons. The maximum Gasteiger partial charge on any atom is 0.0586 e. The standard InChI is InChI=1S/C12H24BrNO/c1-9(13)7-10(2)14-11-5-4-6-12(8-11)15-3/h9-12,14H,4-8H2,1-3H3. The van der Waals surface area contributed by atoms with Gasteiger partial charge in [0.25, 0.3) is 0 Å². The molecule has 1 N–H and O–H groups in total. The van der Waals surface area contributed by atoms with Crippen LogP contribution in [-0.4, -0.2) is 30.1 Å². The first-order valence-electron chi connectivity index (χ1n) is 6.04. The second kappa shape index (κ2) is 6.87. The van der Waals surface area contributed by atoms with Gasteiger partial charge in [0.05, 0.1) is 6.10 Å². The Bertz CT molecular complexity index is 175. The molecule has 1 aliphatic carbocycles. The molecule has 2 nitrogen and oxygen atoms in total. The number of halogens is 1. The van der Waals surface area contributed by atoms with Gasteiger partial charge in [0.2, 0.25) is 0 Å². The lowest BCUT2D eigenvalue weighted by Gasteiger charge is -2.31. The van der Waals surface area contributed by atoms with Crippen LogP contribution in [0.15, 0.2) is 0 Å². The molecule has 15 heavy (non-hydrogen) atoms. The summed E-state index contributed by atoms with van der Waals surface area (Å²) in [6, 6.07) is 1.25. The first kappa shape index (κ1) is 13.5. The summed E-state index contributed by atoms with van der Waals surface area (Å²) in [5, 5.41) is 3.70. The van der Waals surface area contributed by atoms with Gasteiger partial charge in [0, 0.05) is 24.0 Å². The van der Waals surface area contributed by atoms with Crippen molar-refractivity contribution in [2.45, 2.75) is 69.0 Å². The quantitative estimate of drug-likeness (QED) is 0.780. The van der Waals surface area contributed by atoms with E-state index >= 15 is 0 Å². The van der Waals surface area contributed by atoms with Crippen LogP contribution in [0.4, 0.5) is 0 Å². The third-order valence-electron chi connectivity index (χ3n) is 3.16. The van der Waals surface area contributed by atoms with Gasteiger partial charge in [-0.3, -0.25) is 0 Å². The zero-order chi connectivity index (χ0) is 11.3. The zero-order valence-corrected chi connectivity index (χ0v) is 11.7. The Morgan fingerprint density at radius 2 is 2.13 bits per heavy atom. The average Bonchev–Trinajstić information content (AvgIpc) is 2.16. The van der Waals surface area contributed by atoms with Gasteiger partial charge in [0.1, 0.15) is 0 Å². The van der Waals surface area contributed by atoms with E-state index in [2.05, 4.69) is 35.1 Å². The van der Waals surface area contributed by atoms with Gasteiger partial charge in [-0.15, -0.1) is 0 Å². The molecule has 1 saturated carbocycles. The Labute approximate surface area is 102 Å². The Kier molecular flexibility index (Phi) is 6.17. The Morgan fingerprint density at radius 1 is 1.40 bits per heavy atom. The molecule has 0 heterocycles. The van der Waals surface area contributed by atoms with Crippen molar-refractivity contribution < 1.29 is 4.74 Å². The van der Waals surface area contributed by atoms with Crippen LogP contribution in [0, 0.1) is 0 Å². The van der Waals surface area contributed by atoms with E-state index in [0.29, 0.717) is 23.0 Å². The topological polar surface area (TPSA) is 21.3 Å². The predicted octanol–water partition coefficient (Wildman–Crippen LogP) is 3.10. The predicted molar refractivity (Wildman–Crippen MR) is 68.7 cm³/mol. The normalized spacial score (nSPS) is 31.2. The lowest BCUT2D eigenvalue weighted by atomic mass is 9.92. The van der Waals surface area contributed by atoms with Crippen molar-refractivity contribution in [1.82, 2.24) is 5.32 Å². The Balaban J connectivity index is 2.25. The van der Waals surface area contributed by atoms with E-state index in [9.17, 15) is 0 Å². The lowest BCUT2D eigenvalue weighted by Crippen LogP contribution is -2.42. The number of nitrogens with one attached hydrogen (secondary N) is 1. The lowest BCUT2D eigenvalue weighted by molar-refractivity contribution is 0.0571. The van der Waals surface area contributed by atoms with Crippen molar-refractivity contribution in [3.8, 4) is 0 Å². The van der Waals surface area contributed by atoms with Crippen LogP contribution in [0.25, 0.3) is 0 Å². The molecule has 0 spiro atoms. The maximum atomic E-state index is 5.43. The smallest absolute Gasteiger partial charge is 0.0586 e. The monoisotopic (exact) mass is 277 g/mol. The van der Waals surface area contributed by atoms with E-state index in [0.717, 1.165) is 0 Å². The van der Waals surface area contributed by atoms with Gasteiger partial charge in [-0.25, -0.2) is 0 Å². The minimum absolute atomic E-state index is 0.477. The molecule has 0 aliphatic heterocycles. The first-order chi connectivity index (χ1) is 7.11. The summed E-state index contributed by atoms with van der Waals surface area (Å²) in [6.45, 7) is 4.48. The first-order valence-corrected chi connectivity index (χ1v) is 6.96. The summed E-state index contributed by atoms with van der Waals surface area (Å²) in [4.78, 5) is 0.599. The molecule has 4 atom stereocenters. The fourth-order valence-corrected chi connectivity index (χ4v) is 3.03. The molecule has 0 aromatic rings. The molecule has 1 rings (SSSR count). The number of hydrogen-bond donors (Lipinski definition) is 1. The van der Waals surface area contributed by atoms with Gasteiger partial charge in [-0.05, 0) is 39.0 Å². The highest BCUT2D eigenvalue weighted by atomic mass is 79.9. The molecular weight excluding hydrogens is 254 g/mol. The molecule has 0 aromatic heterocycles. The van der Waals surface area contributed by atoms with E-state index < -0.39 is 0 Å². The summed E-state index contributed by atoms with van der Waals surface area (Å²) in [5.41, 5.74) is 0. The van der Waals surface area contributed by atoms with Crippen LogP contribution < -0.4 is 5.32 Å². The minimum Gasteiger partial charge on any atom is -0.381 e. The summed E-state index contributed by atoms with van der Waals surface area (Å²) in [7, 11) is 1.83. The van der Waals surface area contributed by atoms with E-state index in [4.69, 9.17) is 4.74 Å². The fourth-order valence-electron chi connectivity index (χ4n) is 2.47. The SMILES string of the molecule is COC1CCCC(NC(C)CC(C)Br)C1. The highest BCUT2D eigenvalue weighted by Crippen LogP contribution is 2.21. The summed E-state index contributed by atoms with van der Waals surface area (Å²) < 4.78 is 5.43. The van der Waals surface area contributed by atoms with Gasteiger partial charge >= 0.3 is 0 Å². The molecule has 0 saturated heterocycles. The van der Waals surface area contributed by atoms with Crippen molar-refractivity contribution in [3.05, 3.63) is 0 Å². The van der Waals surface area contributed by atoms with Crippen LogP contribution in [-0.2, 0) is 4.74 Å². The van der Waals surface area contributed by atoms with E-state index in [1.807, 2.05) is 7.11 Å². The second-order valence-electron chi connectivity index (χ2n) is 4.81. The largest absolute Gasteiger partial charge is 0.381 e. The van der Waals surface area contributed by atoms with Gasteiger partial charge in [-0.2, -0.15) is 0 Å². The summed E-state index contributed by atoms with van der Waals surface area (Å²) >= 11 is 3.60. The van der Waals surface area contributed by atoms with Crippen LogP contribution in [0.2, 0.25) is 0 Å². The molecule has 3 heteroatoms. The number of methoxy groups -OCH3 is 1. The van der Waals surface area contributed by atoms with Crippen molar-refractivity contribution in [2.24, 2.45) is 0 Å². The fraction of sp³-hybridized carbons (Fsp3) is 1.00. The van der Waals surface area contributed by atoms with Crippen LogP contribution >= 0.6 is 15.9 Å². The minimum atomic E-state index is 0.477. The second-order valence-corrected chi connectivity index (χ2v) is 6.37. The van der Waals surface area contributed by atoms with Crippen molar-refractivity contribution in [2.75, 3.05) is 7.11 Å². The molecule has 4 unspecified atom stereocenters. The molecule has 0 radical (unpaired) electrons. The summed E-state index contributed by atoms with van der Waals surface area (Å²) in [5.74, 6) is 0. The summed E-state index contributed by atoms with van der Waals surface area (Å²) in [6.07, 6.45) is 6.68. The highest BCUT2D eigenvalue weighted by Gasteiger charge is 2.22. The van der Waals surface area contributed by atoms with E-state index in [1.165, 1.54) is 32.1 Å². The van der Waals surface area contributed by atoms with Crippen LogP contribution in [0.1, 0.15) is 46.0 Å². The third-order valence-corrected chi connectivity index (χ3v) is 3.53. The van der Waals surface area contributed by atoms with Gasteiger partial charge < -0.3 is 10.1 Å². The Hall–Kier alpha value is 0.400. The van der Waals surface area contributed by atoms with E-state index in [1.54, 1.807) is 0 Å². The third kappa shape index (κ3) is 5.32. The number of hydrogen-bond acceptors (Lipinski definition) is 2. The molecule has 0 amide bonds. The zero-order valence-electron chi connectivity index (χ0n) is 10.1. The molecule has 1 aliphatic rings. The molecule has 0 bridgehead atoms. The maximum absolute atomic E-state index is 5.43. The highest BCUT2D eigenvalue weighted by molar-refractivity contribution is 9.09. The molecule has 0 aromatic carbocycles. The van der Waals surface area contributed by atoms with E-state index in [-0.39, 0.29) is 0 Å². The number of alkyl halides is 1. The van der Waals surface area contributed by atoms with Crippen LogP contribution in [0.5, 0.6) is 0 Å².